The summed E-state index contributed by atoms with van der Waals surface area (Å²) in [5.41, 5.74) is 8.01. The molecular formula is C36H56N2O9. The Morgan fingerprint density at radius 3 is 1.79 bits per heavy atom. The molecule has 0 saturated heterocycles. The fourth-order valence-electron chi connectivity index (χ4n) is 4.32. The van der Waals surface area contributed by atoms with Gasteiger partial charge in [0.05, 0.1) is 34.2 Å². The summed E-state index contributed by atoms with van der Waals surface area (Å²) < 4.78 is 28.6. The Bertz CT molecular complexity index is 1100. The van der Waals surface area contributed by atoms with Gasteiger partial charge in [-0.2, -0.15) is 0 Å². The van der Waals surface area contributed by atoms with Gasteiger partial charge in [-0.25, -0.2) is 4.79 Å². The van der Waals surface area contributed by atoms with Crippen molar-refractivity contribution in [2.75, 3.05) is 62.5 Å². The molecule has 264 valence electrons. The van der Waals surface area contributed by atoms with Crippen molar-refractivity contribution in [2.45, 2.75) is 63.7 Å². The largest absolute Gasteiger partial charge is 0.469 e. The van der Waals surface area contributed by atoms with E-state index in [1.807, 2.05) is 24.3 Å². The molecular weight excluding hydrogens is 604 g/mol. The van der Waals surface area contributed by atoms with Gasteiger partial charge < -0.3 is 34.2 Å². The van der Waals surface area contributed by atoms with E-state index in [1.165, 1.54) is 38.5 Å². The number of benzene rings is 2. The number of nitrogens with zero attached hydrogens (tertiary/aromatic N) is 1. The predicted molar refractivity (Wildman–Crippen MR) is 183 cm³/mol. The molecule has 47 heavy (non-hydrogen) atoms. The Morgan fingerprint density at radius 2 is 1.26 bits per heavy atom. The topological polar surface area (TPSA) is 136 Å². The van der Waals surface area contributed by atoms with Crippen LogP contribution in [-0.2, 0) is 49.3 Å². The first-order valence-electron chi connectivity index (χ1n) is 15.6. The summed E-state index contributed by atoms with van der Waals surface area (Å²) in [5, 5.41) is 0. The van der Waals surface area contributed by atoms with E-state index in [2.05, 4.69) is 57.7 Å². The number of carbonyl (C=O) groups is 3. The molecule has 11 heteroatoms. The lowest BCUT2D eigenvalue weighted by molar-refractivity contribution is -0.143. The number of carbonyl (C=O) groups excluding carboxylic acids is 3. The zero-order valence-electron chi connectivity index (χ0n) is 29.2. The third-order valence-corrected chi connectivity index (χ3v) is 7.03. The molecule has 11 nitrogen and oxygen atoms in total. The van der Waals surface area contributed by atoms with Crippen LogP contribution in [0.25, 0.3) is 0 Å². The van der Waals surface area contributed by atoms with Crippen LogP contribution >= 0.6 is 0 Å². The number of hydrogen-bond acceptors (Lipinski definition) is 11. The lowest BCUT2D eigenvalue weighted by Crippen LogP contribution is -2.39. The third-order valence-electron chi connectivity index (χ3n) is 7.03. The maximum atomic E-state index is 12.0. The number of ether oxygens (including phenoxy) is 6. The number of nitrogens with two attached hydrogens (primary N) is 1. The van der Waals surface area contributed by atoms with Gasteiger partial charge in [-0.1, -0.05) is 66.7 Å². The van der Waals surface area contributed by atoms with E-state index in [0.29, 0.717) is 32.7 Å². The molecule has 2 aromatic rings. The first-order valence-corrected chi connectivity index (χ1v) is 15.6. The smallest absolute Gasteiger partial charge is 0.330 e. The summed E-state index contributed by atoms with van der Waals surface area (Å²) in [6.45, 7) is 4.78. The highest BCUT2D eigenvalue weighted by atomic mass is 16.5. The van der Waals surface area contributed by atoms with Crippen LogP contribution in [0.4, 0.5) is 0 Å². The summed E-state index contributed by atoms with van der Waals surface area (Å²) in [5.74, 6) is -0.783. The van der Waals surface area contributed by atoms with E-state index in [9.17, 15) is 14.4 Å². The van der Waals surface area contributed by atoms with Crippen molar-refractivity contribution in [3.63, 3.8) is 0 Å². The van der Waals surface area contributed by atoms with E-state index in [4.69, 9.17) is 24.7 Å². The summed E-state index contributed by atoms with van der Waals surface area (Å²) in [6.07, 6.45) is 5.92. The van der Waals surface area contributed by atoms with E-state index >= 15 is 0 Å². The zero-order chi connectivity index (χ0) is 35.3. The van der Waals surface area contributed by atoms with Crippen molar-refractivity contribution in [1.82, 2.24) is 4.90 Å². The van der Waals surface area contributed by atoms with Crippen LogP contribution in [-0.4, -0.2) is 97.4 Å². The number of methoxy groups -OCH3 is 6. The molecule has 0 radical (unpaired) electrons. The molecule has 0 aromatic heterocycles. The van der Waals surface area contributed by atoms with Gasteiger partial charge in [0.25, 0.3) is 0 Å². The zero-order valence-corrected chi connectivity index (χ0v) is 29.2. The molecule has 0 aliphatic heterocycles. The average Bonchev–Trinajstić information content (AvgIpc) is 3.10. The van der Waals surface area contributed by atoms with Crippen LogP contribution in [0.1, 0.15) is 56.2 Å². The Balaban J connectivity index is 0.000000831. The van der Waals surface area contributed by atoms with E-state index in [0.717, 1.165) is 19.4 Å². The Kier molecular flexibility index (Phi) is 26.4. The summed E-state index contributed by atoms with van der Waals surface area (Å²) in [7, 11) is 9.06. The third kappa shape index (κ3) is 21.7. The molecule has 0 fully saturated rings. The predicted octanol–water partition coefficient (Wildman–Crippen LogP) is 4.88. The monoisotopic (exact) mass is 660 g/mol. The van der Waals surface area contributed by atoms with Crippen LogP contribution in [0.5, 0.6) is 0 Å². The molecule has 0 spiro atoms. The van der Waals surface area contributed by atoms with Crippen LogP contribution < -0.4 is 5.73 Å². The van der Waals surface area contributed by atoms with Crippen molar-refractivity contribution in [3.8, 4) is 0 Å². The van der Waals surface area contributed by atoms with Gasteiger partial charge in [-0.3, -0.25) is 14.5 Å². The molecule has 0 aliphatic rings. The standard InChI is InChI=1S/C22H29NO3.C7H15NO3.C7H12O3/c1-18(20-12-8-5-9-13-20)23(17-19-10-6-4-7-11-19)21(14-15-25-2)16-22(24)26-3;1-10-4-3-6(8)5-7(9)11-2;1-9-6-4-3-5-7(8)10-2/h4-13,18,21H,14-17H2,1-3H3;6H,3-5,8H2,1-2H3;3,5H,4,6H2,1-2H3/b;;5-3+. The fourth-order valence-corrected chi connectivity index (χ4v) is 4.32. The highest BCUT2D eigenvalue weighted by molar-refractivity contribution is 5.81. The van der Waals surface area contributed by atoms with Crippen molar-refractivity contribution in [1.29, 1.82) is 0 Å². The van der Waals surface area contributed by atoms with Gasteiger partial charge >= 0.3 is 17.9 Å². The molecule has 0 heterocycles. The van der Waals surface area contributed by atoms with E-state index < -0.39 is 0 Å². The second kappa shape index (κ2) is 28.6. The normalized spacial score (nSPS) is 12.5. The molecule has 0 saturated carbocycles. The van der Waals surface area contributed by atoms with Crippen molar-refractivity contribution >= 4 is 17.9 Å². The molecule has 3 atom stereocenters. The van der Waals surface area contributed by atoms with Crippen LogP contribution in [0.15, 0.2) is 72.8 Å². The summed E-state index contributed by atoms with van der Waals surface area (Å²) >= 11 is 0. The fraction of sp³-hybridized carbons (Fsp3) is 0.528. The lowest BCUT2D eigenvalue weighted by atomic mass is 10.00. The molecule has 0 aliphatic carbocycles. The van der Waals surface area contributed by atoms with Gasteiger partial charge in [0.1, 0.15) is 0 Å². The van der Waals surface area contributed by atoms with Crippen molar-refractivity contribution in [3.05, 3.63) is 83.9 Å². The van der Waals surface area contributed by atoms with Crippen LogP contribution in [0.2, 0.25) is 0 Å². The Labute approximate surface area is 281 Å². The van der Waals surface area contributed by atoms with Gasteiger partial charge in [-0.15, -0.1) is 0 Å². The molecule has 0 amide bonds. The maximum Gasteiger partial charge on any atom is 0.330 e. The van der Waals surface area contributed by atoms with E-state index in [1.54, 1.807) is 27.4 Å². The highest BCUT2D eigenvalue weighted by Crippen LogP contribution is 2.27. The van der Waals surface area contributed by atoms with Crippen LogP contribution in [0.3, 0.4) is 0 Å². The minimum atomic E-state index is -0.323. The first kappa shape index (κ1) is 43.4. The highest BCUT2D eigenvalue weighted by Gasteiger charge is 2.27. The first-order chi connectivity index (χ1) is 22.7. The molecule has 2 N–H and O–H groups in total. The molecule has 2 aromatic carbocycles. The molecule has 2 rings (SSSR count). The molecule has 3 unspecified atom stereocenters. The maximum absolute atomic E-state index is 12.0. The summed E-state index contributed by atoms with van der Waals surface area (Å²) in [6, 6.07) is 20.8. The van der Waals surface area contributed by atoms with Gasteiger partial charge in [0, 0.05) is 71.9 Å². The van der Waals surface area contributed by atoms with Crippen molar-refractivity contribution < 1.29 is 42.8 Å². The number of rotatable bonds is 19. The summed E-state index contributed by atoms with van der Waals surface area (Å²) in [4.78, 5) is 35.5. The average molecular weight is 661 g/mol. The minimum Gasteiger partial charge on any atom is -0.469 e. The number of esters is 3. The Morgan fingerprint density at radius 1 is 0.723 bits per heavy atom. The van der Waals surface area contributed by atoms with Gasteiger partial charge in [-0.05, 0) is 37.3 Å². The SMILES string of the molecule is COCC/C=C/C(=O)OC.COCCC(CC(=O)OC)N(Cc1ccccc1)C(C)c1ccccc1.COCCC(N)CC(=O)OC. The number of hydrogen-bond donors (Lipinski definition) is 1. The second-order valence-corrected chi connectivity index (χ2v) is 10.5. The minimum absolute atomic E-state index is 0.0396. The second-order valence-electron chi connectivity index (χ2n) is 10.5. The van der Waals surface area contributed by atoms with E-state index in [-0.39, 0.29) is 42.5 Å². The van der Waals surface area contributed by atoms with Gasteiger partial charge in [0.15, 0.2) is 0 Å². The van der Waals surface area contributed by atoms with Crippen molar-refractivity contribution in [2.24, 2.45) is 5.73 Å². The lowest BCUT2D eigenvalue weighted by Gasteiger charge is -2.36. The van der Waals surface area contributed by atoms with Crippen LogP contribution in [0, 0.1) is 0 Å². The van der Waals surface area contributed by atoms with Gasteiger partial charge in [0.2, 0.25) is 0 Å². The quantitative estimate of drug-likeness (QED) is 0.0956. The molecule has 0 bridgehead atoms. The Hall–Kier alpha value is -3.61.